The zero-order valence-electron chi connectivity index (χ0n) is 13.4. The summed E-state index contributed by atoms with van der Waals surface area (Å²) in [7, 11) is 0. The summed E-state index contributed by atoms with van der Waals surface area (Å²) in [6.07, 6.45) is 5.69. The van der Waals surface area contributed by atoms with Gasteiger partial charge < -0.3 is 10.6 Å². The van der Waals surface area contributed by atoms with E-state index in [1.807, 2.05) is 30.3 Å². The molecule has 2 aromatic heterocycles. The van der Waals surface area contributed by atoms with Crippen molar-refractivity contribution < 1.29 is 4.79 Å². The number of amides is 1. The Kier molecular flexibility index (Phi) is 5.59. The molecule has 0 aliphatic carbocycles. The molecule has 3 aromatic rings. The molecule has 2 N–H and O–H groups in total. The molecule has 0 aliphatic rings. The normalized spacial score (nSPS) is 10.3. The van der Waals surface area contributed by atoms with Crippen LogP contribution in [-0.2, 0) is 6.42 Å². The van der Waals surface area contributed by atoms with Gasteiger partial charge in [0.15, 0.2) is 0 Å². The van der Waals surface area contributed by atoms with Crippen molar-refractivity contribution in [3.05, 3.63) is 83.3 Å². The summed E-state index contributed by atoms with van der Waals surface area (Å²) in [6, 6.07) is 14.9. The van der Waals surface area contributed by atoms with Gasteiger partial charge in [-0.3, -0.25) is 9.78 Å². The summed E-state index contributed by atoms with van der Waals surface area (Å²) in [5, 5.41) is 6.78. The maximum absolute atomic E-state index is 12.0. The van der Waals surface area contributed by atoms with E-state index in [4.69, 9.17) is 11.6 Å². The van der Waals surface area contributed by atoms with E-state index in [9.17, 15) is 4.79 Å². The molecule has 0 saturated heterocycles. The predicted octanol–water partition coefficient (Wildman–Crippen LogP) is 4.04. The Hall–Kier alpha value is -2.92. The van der Waals surface area contributed by atoms with Gasteiger partial charge in [0.2, 0.25) is 0 Å². The van der Waals surface area contributed by atoms with E-state index in [-0.39, 0.29) is 5.91 Å². The van der Waals surface area contributed by atoms with Crippen molar-refractivity contribution in [1.82, 2.24) is 9.97 Å². The van der Waals surface area contributed by atoms with Crippen LogP contribution in [0.15, 0.2) is 67.1 Å². The van der Waals surface area contributed by atoms with Gasteiger partial charge >= 0.3 is 0 Å². The number of rotatable bonds is 6. The zero-order chi connectivity index (χ0) is 17.5. The predicted molar refractivity (Wildman–Crippen MR) is 100 cm³/mol. The summed E-state index contributed by atoms with van der Waals surface area (Å²) >= 11 is 5.98. The second-order valence-electron chi connectivity index (χ2n) is 5.43. The quantitative estimate of drug-likeness (QED) is 0.702. The van der Waals surface area contributed by atoms with Crippen LogP contribution in [0.5, 0.6) is 0 Å². The zero-order valence-corrected chi connectivity index (χ0v) is 14.2. The van der Waals surface area contributed by atoms with E-state index in [2.05, 4.69) is 20.6 Å². The van der Waals surface area contributed by atoms with Gasteiger partial charge in [0.25, 0.3) is 5.91 Å². The van der Waals surface area contributed by atoms with Crippen LogP contribution in [0.25, 0.3) is 0 Å². The molecular weight excluding hydrogens is 336 g/mol. The maximum Gasteiger partial charge on any atom is 0.258 e. The lowest BCUT2D eigenvalue weighted by atomic mass is 10.1. The number of hydrogen-bond acceptors (Lipinski definition) is 4. The smallest absolute Gasteiger partial charge is 0.258 e. The van der Waals surface area contributed by atoms with Crippen molar-refractivity contribution in [3.8, 4) is 0 Å². The van der Waals surface area contributed by atoms with Crippen LogP contribution in [-0.4, -0.2) is 22.4 Å². The van der Waals surface area contributed by atoms with Crippen LogP contribution in [0.3, 0.4) is 0 Å². The monoisotopic (exact) mass is 352 g/mol. The average Bonchev–Trinajstić information content (AvgIpc) is 2.64. The SMILES string of the molecule is O=C(Nc1ccc(NCCc2cccc(Cl)c2)cn1)c1cccnc1. The van der Waals surface area contributed by atoms with Crippen LogP contribution in [0.1, 0.15) is 15.9 Å². The van der Waals surface area contributed by atoms with Crippen LogP contribution in [0.2, 0.25) is 5.02 Å². The number of hydrogen-bond donors (Lipinski definition) is 2. The van der Waals surface area contributed by atoms with Crippen molar-refractivity contribution in [3.63, 3.8) is 0 Å². The summed E-state index contributed by atoms with van der Waals surface area (Å²) < 4.78 is 0. The highest BCUT2D eigenvalue weighted by Crippen LogP contribution is 2.13. The fourth-order valence-electron chi connectivity index (χ4n) is 2.30. The Bertz CT molecular complexity index is 838. The third-order valence-corrected chi connectivity index (χ3v) is 3.80. The first-order valence-corrected chi connectivity index (χ1v) is 8.24. The Morgan fingerprint density at radius 1 is 1.08 bits per heavy atom. The highest BCUT2D eigenvalue weighted by Gasteiger charge is 2.06. The number of halogens is 1. The number of nitrogens with zero attached hydrogens (tertiary/aromatic N) is 2. The molecular formula is C19H17ClN4O. The van der Waals surface area contributed by atoms with Crippen LogP contribution < -0.4 is 10.6 Å². The van der Waals surface area contributed by atoms with Crippen LogP contribution in [0, 0.1) is 0 Å². The second-order valence-corrected chi connectivity index (χ2v) is 5.87. The Labute approximate surface area is 151 Å². The van der Waals surface area contributed by atoms with Gasteiger partial charge in [0.05, 0.1) is 17.4 Å². The van der Waals surface area contributed by atoms with Crippen molar-refractivity contribution in [1.29, 1.82) is 0 Å². The Morgan fingerprint density at radius 3 is 2.72 bits per heavy atom. The van der Waals surface area contributed by atoms with Crippen molar-refractivity contribution in [2.45, 2.75) is 6.42 Å². The maximum atomic E-state index is 12.0. The highest BCUT2D eigenvalue weighted by molar-refractivity contribution is 6.30. The van der Waals surface area contributed by atoms with Gasteiger partial charge in [0.1, 0.15) is 5.82 Å². The van der Waals surface area contributed by atoms with E-state index in [1.165, 1.54) is 11.8 Å². The molecule has 5 nitrogen and oxygen atoms in total. The van der Waals surface area contributed by atoms with Crippen LogP contribution in [0.4, 0.5) is 11.5 Å². The molecule has 6 heteroatoms. The largest absolute Gasteiger partial charge is 0.383 e. The number of pyridine rings is 2. The van der Waals surface area contributed by atoms with E-state index in [0.29, 0.717) is 11.4 Å². The Balaban J connectivity index is 1.51. The molecule has 126 valence electrons. The lowest BCUT2D eigenvalue weighted by Gasteiger charge is -2.08. The molecule has 1 amide bonds. The number of nitrogens with one attached hydrogen (secondary N) is 2. The molecule has 0 spiro atoms. The minimum atomic E-state index is -0.234. The summed E-state index contributed by atoms with van der Waals surface area (Å²) in [5.74, 6) is 0.261. The fraction of sp³-hybridized carbons (Fsp3) is 0.105. The standard InChI is InChI=1S/C19H17ClN4O/c20-16-5-1-3-14(11-16)8-10-22-17-6-7-18(23-13-17)24-19(25)15-4-2-9-21-12-15/h1-7,9,11-13,22H,8,10H2,(H,23,24,25). The lowest BCUT2D eigenvalue weighted by Crippen LogP contribution is -2.13. The minimum absolute atomic E-state index is 0.234. The molecule has 0 saturated carbocycles. The third kappa shape index (κ3) is 5.02. The van der Waals surface area contributed by atoms with Crippen molar-refractivity contribution in [2.24, 2.45) is 0 Å². The molecule has 0 radical (unpaired) electrons. The number of carbonyl (C=O) groups excluding carboxylic acids is 1. The van der Waals surface area contributed by atoms with Gasteiger partial charge in [-0.25, -0.2) is 4.98 Å². The van der Waals surface area contributed by atoms with Gasteiger partial charge in [0, 0.05) is 24.0 Å². The number of anilines is 2. The minimum Gasteiger partial charge on any atom is -0.383 e. The molecule has 3 rings (SSSR count). The molecule has 25 heavy (non-hydrogen) atoms. The van der Waals surface area contributed by atoms with Gasteiger partial charge in [-0.2, -0.15) is 0 Å². The summed E-state index contributed by atoms with van der Waals surface area (Å²) in [4.78, 5) is 20.2. The Morgan fingerprint density at radius 2 is 2.00 bits per heavy atom. The van der Waals surface area contributed by atoms with Gasteiger partial charge in [-0.1, -0.05) is 23.7 Å². The molecule has 2 heterocycles. The molecule has 0 fully saturated rings. The number of aromatic nitrogens is 2. The van der Waals surface area contributed by atoms with Crippen molar-refractivity contribution in [2.75, 3.05) is 17.2 Å². The van der Waals surface area contributed by atoms with E-state index in [0.717, 1.165) is 23.7 Å². The molecule has 0 aliphatic heterocycles. The lowest BCUT2D eigenvalue weighted by molar-refractivity contribution is 0.102. The first-order valence-electron chi connectivity index (χ1n) is 7.86. The van der Waals surface area contributed by atoms with Crippen LogP contribution >= 0.6 is 11.6 Å². The van der Waals surface area contributed by atoms with E-state index in [1.54, 1.807) is 30.6 Å². The van der Waals surface area contributed by atoms with E-state index < -0.39 is 0 Å². The molecule has 0 unspecified atom stereocenters. The van der Waals surface area contributed by atoms with Gasteiger partial charge in [-0.15, -0.1) is 0 Å². The number of benzene rings is 1. The summed E-state index contributed by atoms with van der Waals surface area (Å²) in [5.41, 5.74) is 2.56. The molecule has 0 bridgehead atoms. The first-order chi connectivity index (χ1) is 12.2. The van der Waals surface area contributed by atoms with E-state index >= 15 is 0 Å². The fourth-order valence-corrected chi connectivity index (χ4v) is 2.51. The first kappa shape index (κ1) is 16.9. The number of carbonyl (C=O) groups is 1. The van der Waals surface area contributed by atoms with Crippen molar-refractivity contribution >= 4 is 29.0 Å². The topological polar surface area (TPSA) is 66.9 Å². The average molecular weight is 353 g/mol. The molecule has 1 aromatic carbocycles. The summed E-state index contributed by atoms with van der Waals surface area (Å²) in [6.45, 7) is 0.767. The van der Waals surface area contributed by atoms with Gasteiger partial charge in [-0.05, 0) is 48.4 Å². The molecule has 0 atom stereocenters. The third-order valence-electron chi connectivity index (χ3n) is 3.56. The second kappa shape index (κ2) is 8.26. The highest BCUT2D eigenvalue weighted by atomic mass is 35.5.